The number of anilines is 1. The molecule has 2 aromatic heterocycles. The van der Waals surface area contributed by atoms with Crippen molar-refractivity contribution in [3.8, 4) is 0 Å². The van der Waals surface area contributed by atoms with Crippen molar-refractivity contribution in [1.82, 2.24) is 19.5 Å². The van der Waals surface area contributed by atoms with Gasteiger partial charge in [0.05, 0.1) is 0 Å². The lowest BCUT2D eigenvalue weighted by Crippen LogP contribution is -2.27. The highest BCUT2D eigenvalue weighted by Crippen LogP contribution is 2.37. The number of aliphatic hydroxyl groups is 2. The Bertz CT molecular complexity index is 974. The first-order valence-electron chi connectivity index (χ1n) is 8.28. The monoisotopic (exact) mass is 433 g/mol. The zero-order chi connectivity index (χ0) is 20.1. The second-order valence-electron chi connectivity index (χ2n) is 6.51. The SMILES string of the molecule is O=P(O)(O)COC=C1O[C@@H](n2cnc3c(NC4CC4)nc(Cl)nc32)[C@H](O)[C@@H]1O. The van der Waals surface area contributed by atoms with Gasteiger partial charge >= 0.3 is 7.60 Å². The number of halogens is 1. The van der Waals surface area contributed by atoms with E-state index in [1.165, 1.54) is 10.9 Å². The number of rotatable bonds is 6. The molecule has 3 heterocycles. The van der Waals surface area contributed by atoms with E-state index in [0.717, 1.165) is 19.1 Å². The standard InChI is InChI=1S/C14H17ClN5O7P/c15-14-18-11(17-6-1-2-6)8-12(19-14)20(4-16-8)13-10(22)9(21)7(27-13)3-26-5-28(23,24)25/h3-4,6,9-10,13,21-22H,1-2,5H2,(H,17,18,19)(H2,23,24,25)/t9-,10-,13-/m1/s1. The molecule has 14 heteroatoms. The summed E-state index contributed by atoms with van der Waals surface area (Å²) in [6.07, 6.45) is -0.615. The lowest BCUT2D eigenvalue weighted by atomic mass is 10.2. The number of hydrogen-bond donors (Lipinski definition) is 5. The molecule has 0 aromatic carbocycles. The van der Waals surface area contributed by atoms with Crippen LogP contribution in [0.2, 0.25) is 5.28 Å². The molecule has 3 atom stereocenters. The summed E-state index contributed by atoms with van der Waals surface area (Å²) in [5, 5.41) is 23.7. The maximum atomic E-state index is 10.8. The van der Waals surface area contributed by atoms with Crippen LogP contribution in [0.4, 0.5) is 5.82 Å². The van der Waals surface area contributed by atoms with Gasteiger partial charge in [0.2, 0.25) is 11.5 Å². The molecule has 0 amide bonds. The number of nitrogens with zero attached hydrogens (tertiary/aromatic N) is 4. The Morgan fingerprint density at radius 3 is 2.82 bits per heavy atom. The number of ether oxygens (including phenoxy) is 2. The first kappa shape index (κ1) is 19.4. The van der Waals surface area contributed by atoms with E-state index >= 15 is 0 Å². The summed E-state index contributed by atoms with van der Waals surface area (Å²) in [6.45, 7) is 0. The average molecular weight is 434 g/mol. The molecule has 4 rings (SSSR count). The van der Waals surface area contributed by atoms with Crippen molar-refractivity contribution in [3.63, 3.8) is 0 Å². The van der Waals surface area contributed by atoms with Crippen LogP contribution in [0.5, 0.6) is 0 Å². The second-order valence-corrected chi connectivity index (χ2v) is 8.43. The molecule has 0 radical (unpaired) electrons. The van der Waals surface area contributed by atoms with Crippen LogP contribution < -0.4 is 5.32 Å². The van der Waals surface area contributed by atoms with Gasteiger partial charge in [-0.05, 0) is 24.4 Å². The van der Waals surface area contributed by atoms with Crippen molar-refractivity contribution in [2.75, 3.05) is 11.7 Å². The normalized spacial score (nSPS) is 26.6. The van der Waals surface area contributed by atoms with Crippen LogP contribution in [-0.4, -0.2) is 64.1 Å². The van der Waals surface area contributed by atoms with E-state index in [2.05, 4.69) is 20.3 Å². The zero-order valence-corrected chi connectivity index (χ0v) is 15.9. The molecule has 0 spiro atoms. The number of nitrogens with one attached hydrogen (secondary N) is 1. The molecule has 2 aromatic rings. The van der Waals surface area contributed by atoms with Gasteiger partial charge in [0.25, 0.3) is 0 Å². The Morgan fingerprint density at radius 2 is 2.14 bits per heavy atom. The van der Waals surface area contributed by atoms with Crippen LogP contribution in [0, 0.1) is 0 Å². The fraction of sp³-hybridized carbons (Fsp3) is 0.500. The molecule has 0 unspecified atom stereocenters. The molecule has 1 aliphatic heterocycles. The summed E-state index contributed by atoms with van der Waals surface area (Å²) in [5.74, 6) is 0.273. The molecular formula is C14H17ClN5O7P. The van der Waals surface area contributed by atoms with E-state index in [0.29, 0.717) is 17.4 Å². The molecule has 1 aliphatic carbocycles. The van der Waals surface area contributed by atoms with Gasteiger partial charge in [-0.3, -0.25) is 9.13 Å². The van der Waals surface area contributed by atoms with Gasteiger partial charge in [-0.2, -0.15) is 9.97 Å². The Balaban J connectivity index is 1.61. The molecule has 2 fully saturated rings. The second kappa shape index (κ2) is 7.14. The van der Waals surface area contributed by atoms with Crippen molar-refractivity contribution >= 4 is 36.2 Å². The lowest BCUT2D eigenvalue weighted by Gasteiger charge is -2.16. The van der Waals surface area contributed by atoms with Gasteiger partial charge in [-0.1, -0.05) is 0 Å². The molecule has 0 bridgehead atoms. The molecule has 1 saturated heterocycles. The quantitative estimate of drug-likeness (QED) is 0.241. The fourth-order valence-electron chi connectivity index (χ4n) is 2.74. The minimum atomic E-state index is -4.39. The fourth-order valence-corrected chi connectivity index (χ4v) is 3.17. The van der Waals surface area contributed by atoms with E-state index in [9.17, 15) is 14.8 Å². The van der Waals surface area contributed by atoms with Gasteiger partial charge in [-0.15, -0.1) is 0 Å². The first-order chi connectivity index (χ1) is 13.2. The minimum Gasteiger partial charge on any atom is -0.485 e. The summed E-state index contributed by atoms with van der Waals surface area (Å²) in [7, 11) is -4.39. The van der Waals surface area contributed by atoms with E-state index in [1.54, 1.807) is 0 Å². The maximum absolute atomic E-state index is 10.8. The third kappa shape index (κ3) is 3.93. The minimum absolute atomic E-state index is 0.0221. The number of fused-ring (bicyclic) bond motifs is 1. The van der Waals surface area contributed by atoms with Crippen molar-refractivity contribution < 1.29 is 34.0 Å². The van der Waals surface area contributed by atoms with Crippen molar-refractivity contribution in [2.24, 2.45) is 0 Å². The van der Waals surface area contributed by atoms with Crippen LogP contribution in [0.25, 0.3) is 11.2 Å². The Morgan fingerprint density at radius 1 is 1.39 bits per heavy atom. The largest absolute Gasteiger partial charge is 0.485 e. The maximum Gasteiger partial charge on any atom is 0.362 e. The van der Waals surface area contributed by atoms with Crippen molar-refractivity contribution in [3.05, 3.63) is 23.6 Å². The highest BCUT2D eigenvalue weighted by Gasteiger charge is 2.42. The van der Waals surface area contributed by atoms with Crippen LogP contribution in [-0.2, 0) is 14.0 Å². The summed E-state index contributed by atoms with van der Waals surface area (Å²) >= 11 is 6.01. The average Bonchev–Trinajstić information content (AvgIpc) is 3.26. The Labute approximate surface area is 162 Å². The molecule has 28 heavy (non-hydrogen) atoms. The molecule has 5 N–H and O–H groups in total. The van der Waals surface area contributed by atoms with Crippen LogP contribution >= 0.6 is 19.2 Å². The van der Waals surface area contributed by atoms with Gasteiger partial charge in [0.1, 0.15) is 24.8 Å². The summed E-state index contributed by atoms with van der Waals surface area (Å²) in [6, 6.07) is 0.301. The molecule has 1 saturated carbocycles. The molecule has 152 valence electrons. The van der Waals surface area contributed by atoms with E-state index in [1.807, 2.05) is 0 Å². The number of aliphatic hydroxyl groups excluding tert-OH is 2. The highest BCUT2D eigenvalue weighted by atomic mass is 35.5. The topological polar surface area (TPSA) is 172 Å². The van der Waals surface area contributed by atoms with Gasteiger partial charge in [-0.25, -0.2) is 4.98 Å². The van der Waals surface area contributed by atoms with E-state index in [-0.39, 0.29) is 16.7 Å². The van der Waals surface area contributed by atoms with E-state index < -0.39 is 32.4 Å². The third-order valence-corrected chi connectivity index (χ3v) is 4.85. The van der Waals surface area contributed by atoms with Crippen LogP contribution in [0.1, 0.15) is 19.1 Å². The van der Waals surface area contributed by atoms with Crippen LogP contribution in [0.15, 0.2) is 18.3 Å². The van der Waals surface area contributed by atoms with Gasteiger partial charge < -0.3 is 34.8 Å². The van der Waals surface area contributed by atoms with Gasteiger partial charge in [0.15, 0.2) is 29.1 Å². The molecular weight excluding hydrogens is 417 g/mol. The first-order valence-corrected chi connectivity index (χ1v) is 10.5. The predicted molar refractivity (Wildman–Crippen MR) is 95.2 cm³/mol. The third-order valence-electron chi connectivity index (χ3n) is 4.19. The summed E-state index contributed by atoms with van der Waals surface area (Å²) < 4.78 is 22.5. The predicted octanol–water partition coefficient (Wildman–Crippen LogP) is 0.298. The van der Waals surface area contributed by atoms with Gasteiger partial charge in [0, 0.05) is 6.04 Å². The molecule has 2 aliphatic rings. The highest BCUT2D eigenvalue weighted by molar-refractivity contribution is 7.51. The summed E-state index contributed by atoms with van der Waals surface area (Å²) in [4.78, 5) is 30.1. The number of imidazole rings is 1. The van der Waals surface area contributed by atoms with Crippen molar-refractivity contribution in [1.29, 1.82) is 0 Å². The lowest BCUT2D eigenvalue weighted by molar-refractivity contribution is -0.0122. The number of hydrogen-bond acceptors (Lipinski definition) is 9. The Kier molecular flexibility index (Phi) is 4.94. The van der Waals surface area contributed by atoms with E-state index in [4.69, 9.17) is 30.9 Å². The zero-order valence-electron chi connectivity index (χ0n) is 14.2. The number of aromatic nitrogens is 4. The van der Waals surface area contributed by atoms with Crippen LogP contribution in [0.3, 0.4) is 0 Å². The van der Waals surface area contributed by atoms with Crippen molar-refractivity contribution in [2.45, 2.75) is 37.3 Å². The summed E-state index contributed by atoms with van der Waals surface area (Å²) in [5.41, 5.74) is 0.716. The smallest absolute Gasteiger partial charge is 0.362 e. The Hall–Kier alpha value is -1.95. The molecule has 12 nitrogen and oxygen atoms in total.